The van der Waals surface area contributed by atoms with E-state index in [1.807, 2.05) is 0 Å². The summed E-state index contributed by atoms with van der Waals surface area (Å²) in [6.45, 7) is 2.14. The van der Waals surface area contributed by atoms with Crippen molar-refractivity contribution in [2.75, 3.05) is 14.2 Å². The second-order valence-electron chi connectivity index (χ2n) is 3.75. The van der Waals surface area contributed by atoms with Gasteiger partial charge in [-0.3, -0.25) is 0 Å². The maximum absolute atomic E-state index is 9.82. The van der Waals surface area contributed by atoms with Crippen molar-refractivity contribution in [3.8, 4) is 0 Å². The van der Waals surface area contributed by atoms with Crippen molar-refractivity contribution in [3.05, 3.63) is 11.6 Å². The van der Waals surface area contributed by atoms with E-state index in [9.17, 15) is 5.11 Å². The largest absolute Gasteiger partial charge is 0.390 e. The molecule has 0 fully saturated rings. The van der Waals surface area contributed by atoms with E-state index >= 15 is 0 Å². The highest BCUT2D eigenvalue weighted by Gasteiger charge is 2.31. The second kappa shape index (κ2) is 5.49. The summed E-state index contributed by atoms with van der Waals surface area (Å²) in [4.78, 5) is 0. The first-order chi connectivity index (χ1) is 6.72. The van der Waals surface area contributed by atoms with Crippen LogP contribution in [-0.4, -0.2) is 37.6 Å². The van der Waals surface area contributed by atoms with Crippen LogP contribution in [0, 0.1) is 0 Å². The van der Waals surface area contributed by atoms with Gasteiger partial charge in [0.15, 0.2) is 0 Å². The van der Waals surface area contributed by atoms with Crippen molar-refractivity contribution >= 4 is 0 Å². The summed E-state index contributed by atoms with van der Waals surface area (Å²) in [5.41, 5.74) is 1.28. The molecular formula is C11H20O3. The highest BCUT2D eigenvalue weighted by Crippen LogP contribution is 2.25. The fraction of sp³-hybridized carbons (Fsp3) is 0.818. The lowest BCUT2D eigenvalue weighted by atomic mass is 9.90. The van der Waals surface area contributed by atoms with Crippen molar-refractivity contribution in [1.82, 2.24) is 0 Å². The molecule has 0 bridgehead atoms. The Kier molecular flexibility index (Phi) is 4.58. The van der Waals surface area contributed by atoms with E-state index in [0.29, 0.717) is 6.42 Å². The molecule has 0 aromatic carbocycles. The molecule has 3 unspecified atom stereocenters. The highest BCUT2D eigenvalue weighted by molar-refractivity contribution is 5.14. The molecule has 1 aliphatic carbocycles. The summed E-state index contributed by atoms with van der Waals surface area (Å²) in [6.07, 6.45) is 4.18. The molecule has 1 rings (SSSR count). The van der Waals surface area contributed by atoms with Crippen LogP contribution in [0.2, 0.25) is 0 Å². The molecule has 3 heteroatoms. The minimum Gasteiger partial charge on any atom is -0.390 e. The molecule has 82 valence electrons. The average molecular weight is 200 g/mol. The standard InChI is InChI=1S/C11H20O3/c1-4-5-8-6-9(12)11(14-3)10(7-8)13-2/h7,9-12H,4-6H2,1-3H3. The van der Waals surface area contributed by atoms with Crippen molar-refractivity contribution in [3.63, 3.8) is 0 Å². The molecule has 0 amide bonds. The lowest BCUT2D eigenvalue weighted by molar-refractivity contribution is -0.0838. The fourth-order valence-electron chi connectivity index (χ4n) is 2.00. The summed E-state index contributed by atoms with van der Waals surface area (Å²) in [7, 11) is 3.26. The Balaban J connectivity index is 2.70. The molecule has 0 aromatic rings. The summed E-state index contributed by atoms with van der Waals surface area (Å²) < 4.78 is 10.5. The van der Waals surface area contributed by atoms with Crippen LogP contribution in [0.4, 0.5) is 0 Å². The van der Waals surface area contributed by atoms with Crippen LogP contribution in [0.15, 0.2) is 11.6 Å². The lowest BCUT2D eigenvalue weighted by Gasteiger charge is -2.32. The van der Waals surface area contributed by atoms with Gasteiger partial charge in [0.25, 0.3) is 0 Å². The van der Waals surface area contributed by atoms with Crippen LogP contribution in [-0.2, 0) is 9.47 Å². The number of aliphatic hydroxyl groups is 1. The Morgan fingerprint density at radius 3 is 2.64 bits per heavy atom. The maximum atomic E-state index is 9.82. The molecule has 0 radical (unpaired) electrons. The Morgan fingerprint density at radius 1 is 1.43 bits per heavy atom. The summed E-state index contributed by atoms with van der Waals surface area (Å²) in [5.74, 6) is 0. The molecule has 14 heavy (non-hydrogen) atoms. The molecule has 0 aromatic heterocycles. The van der Waals surface area contributed by atoms with Gasteiger partial charge in [-0.15, -0.1) is 0 Å². The van der Waals surface area contributed by atoms with Crippen LogP contribution >= 0.6 is 0 Å². The van der Waals surface area contributed by atoms with Crippen LogP contribution in [0.3, 0.4) is 0 Å². The first kappa shape index (κ1) is 11.7. The quantitative estimate of drug-likeness (QED) is 0.699. The average Bonchev–Trinajstić information content (AvgIpc) is 2.17. The van der Waals surface area contributed by atoms with Gasteiger partial charge in [0.05, 0.1) is 6.10 Å². The molecule has 0 aliphatic heterocycles. The van der Waals surface area contributed by atoms with E-state index in [-0.39, 0.29) is 12.2 Å². The fourth-order valence-corrected chi connectivity index (χ4v) is 2.00. The molecule has 1 N–H and O–H groups in total. The molecular weight excluding hydrogens is 180 g/mol. The van der Waals surface area contributed by atoms with Crippen LogP contribution in [0.1, 0.15) is 26.2 Å². The van der Waals surface area contributed by atoms with Gasteiger partial charge in [0, 0.05) is 14.2 Å². The zero-order valence-corrected chi connectivity index (χ0v) is 9.19. The van der Waals surface area contributed by atoms with Crippen LogP contribution in [0.5, 0.6) is 0 Å². The van der Waals surface area contributed by atoms with Gasteiger partial charge in [-0.25, -0.2) is 0 Å². The van der Waals surface area contributed by atoms with E-state index in [1.165, 1.54) is 5.57 Å². The van der Waals surface area contributed by atoms with Gasteiger partial charge < -0.3 is 14.6 Å². The predicted octanol–water partition coefficient (Wildman–Crippen LogP) is 1.51. The topological polar surface area (TPSA) is 38.7 Å². The normalized spacial score (nSPS) is 32.9. The summed E-state index contributed by atoms with van der Waals surface area (Å²) >= 11 is 0. The molecule has 3 atom stereocenters. The van der Waals surface area contributed by atoms with Crippen molar-refractivity contribution in [2.45, 2.75) is 44.5 Å². The first-order valence-corrected chi connectivity index (χ1v) is 5.16. The Morgan fingerprint density at radius 2 is 2.14 bits per heavy atom. The predicted molar refractivity (Wildman–Crippen MR) is 55.2 cm³/mol. The minimum atomic E-state index is -0.434. The van der Waals surface area contributed by atoms with Gasteiger partial charge in [-0.05, 0) is 12.8 Å². The van der Waals surface area contributed by atoms with E-state index < -0.39 is 6.10 Å². The van der Waals surface area contributed by atoms with E-state index in [0.717, 1.165) is 12.8 Å². The van der Waals surface area contributed by atoms with Crippen LogP contribution < -0.4 is 0 Å². The van der Waals surface area contributed by atoms with E-state index in [2.05, 4.69) is 13.0 Å². The third-order valence-corrected chi connectivity index (χ3v) is 2.69. The molecule has 0 heterocycles. The Bertz CT molecular complexity index is 201. The number of ether oxygens (including phenoxy) is 2. The number of methoxy groups -OCH3 is 2. The number of rotatable bonds is 4. The van der Waals surface area contributed by atoms with Gasteiger partial charge in [0.1, 0.15) is 12.2 Å². The number of hydrogen-bond acceptors (Lipinski definition) is 3. The lowest BCUT2D eigenvalue weighted by Crippen LogP contribution is -2.42. The van der Waals surface area contributed by atoms with Crippen molar-refractivity contribution in [2.24, 2.45) is 0 Å². The highest BCUT2D eigenvalue weighted by atomic mass is 16.5. The smallest absolute Gasteiger partial charge is 0.113 e. The van der Waals surface area contributed by atoms with Crippen molar-refractivity contribution < 1.29 is 14.6 Å². The first-order valence-electron chi connectivity index (χ1n) is 5.16. The molecule has 0 saturated heterocycles. The molecule has 0 saturated carbocycles. The monoisotopic (exact) mass is 200 g/mol. The number of hydrogen-bond donors (Lipinski definition) is 1. The second-order valence-corrected chi connectivity index (χ2v) is 3.75. The number of aliphatic hydroxyl groups excluding tert-OH is 1. The van der Waals surface area contributed by atoms with Gasteiger partial charge in [-0.1, -0.05) is 25.0 Å². The molecule has 0 spiro atoms. The van der Waals surface area contributed by atoms with Crippen LogP contribution in [0.25, 0.3) is 0 Å². The maximum Gasteiger partial charge on any atom is 0.113 e. The Labute approximate surface area is 85.7 Å². The zero-order chi connectivity index (χ0) is 10.6. The minimum absolute atomic E-state index is 0.106. The summed E-state index contributed by atoms with van der Waals surface area (Å²) in [6, 6.07) is 0. The third kappa shape index (κ3) is 2.56. The van der Waals surface area contributed by atoms with Crippen molar-refractivity contribution in [1.29, 1.82) is 0 Å². The summed E-state index contributed by atoms with van der Waals surface area (Å²) in [5, 5.41) is 9.82. The third-order valence-electron chi connectivity index (χ3n) is 2.69. The van der Waals surface area contributed by atoms with E-state index in [1.54, 1.807) is 14.2 Å². The molecule has 1 aliphatic rings. The SMILES string of the molecule is CCCC1=CC(OC)C(OC)C(O)C1. The Hall–Kier alpha value is -0.380. The molecule has 3 nitrogen and oxygen atoms in total. The van der Waals surface area contributed by atoms with Gasteiger partial charge in [0.2, 0.25) is 0 Å². The van der Waals surface area contributed by atoms with Gasteiger partial charge >= 0.3 is 0 Å². The zero-order valence-electron chi connectivity index (χ0n) is 9.19. The van der Waals surface area contributed by atoms with Gasteiger partial charge in [-0.2, -0.15) is 0 Å². The van der Waals surface area contributed by atoms with E-state index in [4.69, 9.17) is 9.47 Å².